The van der Waals surface area contributed by atoms with Crippen LogP contribution in [0.5, 0.6) is 6.01 Å². The lowest BCUT2D eigenvalue weighted by Crippen LogP contribution is -2.52. The Bertz CT molecular complexity index is 913. The minimum Gasteiger partial charge on any atom is -0.462 e. The molecule has 0 spiro atoms. The highest BCUT2D eigenvalue weighted by Crippen LogP contribution is 2.43. The molecular formula is C20H22N6OS. The average molecular weight is 395 g/mol. The molecule has 1 N–H and O–H groups in total. The molecule has 0 aliphatic carbocycles. The number of nitrogens with zero attached hydrogens (tertiary/aromatic N) is 5. The largest absolute Gasteiger partial charge is 0.462 e. The van der Waals surface area contributed by atoms with Crippen LogP contribution in [0.2, 0.25) is 0 Å². The molecule has 2 aliphatic heterocycles. The Hall–Kier alpha value is -2.60. The number of fused-ring (bicyclic) bond motifs is 1. The highest BCUT2D eigenvalue weighted by Gasteiger charge is 2.24. The van der Waals surface area contributed by atoms with Gasteiger partial charge in [-0.25, -0.2) is 4.98 Å². The van der Waals surface area contributed by atoms with E-state index in [4.69, 9.17) is 4.74 Å². The first kappa shape index (κ1) is 18.7. The number of likely N-dealkylation sites (N-methyl/N-ethyl adjacent to an activating group) is 2. The molecule has 1 unspecified atom stereocenters. The fourth-order valence-electron chi connectivity index (χ4n) is 3.26. The van der Waals surface area contributed by atoms with Crippen molar-refractivity contribution < 1.29 is 4.74 Å². The van der Waals surface area contributed by atoms with Gasteiger partial charge in [0, 0.05) is 30.7 Å². The van der Waals surface area contributed by atoms with Gasteiger partial charge in [-0.1, -0.05) is 23.9 Å². The number of hydrogen-bond acceptors (Lipinski definition) is 8. The third kappa shape index (κ3) is 3.97. The van der Waals surface area contributed by atoms with Crippen molar-refractivity contribution in [1.29, 1.82) is 5.26 Å². The summed E-state index contributed by atoms with van der Waals surface area (Å²) >= 11 is 1.54. The summed E-state index contributed by atoms with van der Waals surface area (Å²) in [5.41, 5.74) is 2.05. The summed E-state index contributed by atoms with van der Waals surface area (Å²) in [6, 6.07) is 12.6. The first-order chi connectivity index (χ1) is 13.6. The van der Waals surface area contributed by atoms with Gasteiger partial charge in [0.1, 0.15) is 18.2 Å². The Morgan fingerprint density at radius 1 is 1.32 bits per heavy atom. The molecule has 0 saturated carbocycles. The van der Waals surface area contributed by atoms with Crippen molar-refractivity contribution in [3.63, 3.8) is 0 Å². The van der Waals surface area contributed by atoms with E-state index in [0.717, 1.165) is 35.2 Å². The van der Waals surface area contributed by atoms with Gasteiger partial charge >= 0.3 is 6.01 Å². The second-order valence-corrected chi connectivity index (χ2v) is 8.02. The van der Waals surface area contributed by atoms with E-state index in [1.54, 1.807) is 12.3 Å². The van der Waals surface area contributed by atoms with Gasteiger partial charge in [-0.05, 0) is 32.3 Å². The molecule has 1 aromatic heterocycles. The summed E-state index contributed by atoms with van der Waals surface area (Å²) in [6.07, 6.45) is 1.64. The third-order valence-corrected chi connectivity index (χ3v) is 6.05. The summed E-state index contributed by atoms with van der Waals surface area (Å²) in [5.74, 6) is 0. The second-order valence-electron chi connectivity index (χ2n) is 6.97. The lowest BCUT2D eigenvalue weighted by molar-refractivity contribution is 0.0750. The van der Waals surface area contributed by atoms with Crippen molar-refractivity contribution in [3.8, 4) is 12.1 Å². The Kier molecular flexibility index (Phi) is 5.48. The normalized spacial score (nSPS) is 21.5. The van der Waals surface area contributed by atoms with Gasteiger partial charge in [0.2, 0.25) is 0 Å². The maximum Gasteiger partial charge on any atom is 0.316 e. The number of allylic oxidation sites excluding steroid dienone is 1. The molecular weight excluding hydrogens is 372 g/mol. The molecule has 0 amide bonds. The minimum absolute atomic E-state index is 0.293. The lowest BCUT2D eigenvalue weighted by Gasteiger charge is -2.37. The van der Waals surface area contributed by atoms with E-state index in [1.807, 2.05) is 24.3 Å². The van der Waals surface area contributed by atoms with Crippen molar-refractivity contribution in [1.82, 2.24) is 19.8 Å². The molecule has 1 aromatic carbocycles. The third-order valence-electron chi connectivity index (χ3n) is 4.96. The van der Waals surface area contributed by atoms with Gasteiger partial charge in [-0.15, -0.1) is 0 Å². The van der Waals surface area contributed by atoms with Crippen LogP contribution in [0.3, 0.4) is 0 Å². The maximum atomic E-state index is 9.73. The Morgan fingerprint density at radius 3 is 3.00 bits per heavy atom. The van der Waals surface area contributed by atoms with Crippen molar-refractivity contribution in [2.75, 3.05) is 45.7 Å². The molecule has 0 radical (unpaired) electrons. The number of rotatable bonds is 4. The molecule has 144 valence electrons. The van der Waals surface area contributed by atoms with Crippen LogP contribution in [-0.2, 0) is 0 Å². The van der Waals surface area contributed by atoms with Gasteiger partial charge in [-0.3, -0.25) is 4.90 Å². The number of para-hydroxylation sites is 1. The SMILES string of the molecule is CN1CCN(C)C(COc2nccc(/C(C#N)=C3/Nc4ccccc4S3)n2)C1. The first-order valence-electron chi connectivity index (χ1n) is 9.17. The fourth-order valence-corrected chi connectivity index (χ4v) is 4.27. The number of aromatic nitrogens is 2. The molecule has 4 rings (SSSR count). The van der Waals surface area contributed by atoms with E-state index in [-0.39, 0.29) is 0 Å². The molecule has 7 nitrogen and oxygen atoms in total. The summed E-state index contributed by atoms with van der Waals surface area (Å²) in [7, 11) is 4.23. The van der Waals surface area contributed by atoms with Crippen molar-refractivity contribution in [2.45, 2.75) is 10.9 Å². The lowest BCUT2D eigenvalue weighted by atomic mass is 10.2. The number of hydrogen-bond donors (Lipinski definition) is 1. The van der Waals surface area contributed by atoms with Gasteiger partial charge in [0.05, 0.1) is 22.5 Å². The van der Waals surface area contributed by atoms with E-state index in [9.17, 15) is 5.26 Å². The topological polar surface area (TPSA) is 77.3 Å². The van der Waals surface area contributed by atoms with Crippen molar-refractivity contribution in [3.05, 3.63) is 47.3 Å². The van der Waals surface area contributed by atoms with E-state index in [1.165, 1.54) is 11.8 Å². The zero-order valence-corrected chi connectivity index (χ0v) is 16.7. The average Bonchev–Trinajstić information content (AvgIpc) is 3.13. The zero-order chi connectivity index (χ0) is 19.5. The summed E-state index contributed by atoms with van der Waals surface area (Å²) in [5, 5.41) is 13.8. The van der Waals surface area contributed by atoms with Crippen LogP contribution >= 0.6 is 11.8 Å². The van der Waals surface area contributed by atoms with Gasteiger partial charge in [-0.2, -0.15) is 10.2 Å². The predicted octanol–water partition coefficient (Wildman–Crippen LogP) is 2.51. The standard InChI is InChI=1S/C20H22N6OS/c1-25-9-10-26(2)14(12-25)13-27-20-22-8-7-16(24-20)15(11-21)19-23-17-5-3-4-6-18(17)28-19/h3-8,14,23H,9-10,12-13H2,1-2H3/b19-15-. The van der Waals surface area contributed by atoms with E-state index >= 15 is 0 Å². The molecule has 3 heterocycles. The monoisotopic (exact) mass is 394 g/mol. The molecule has 2 aliphatic rings. The highest BCUT2D eigenvalue weighted by atomic mass is 32.2. The number of piperazine rings is 1. The molecule has 1 atom stereocenters. The van der Waals surface area contributed by atoms with Crippen LogP contribution in [0.15, 0.2) is 46.5 Å². The predicted molar refractivity (Wildman–Crippen MR) is 110 cm³/mol. The molecule has 1 saturated heterocycles. The molecule has 0 bridgehead atoms. The summed E-state index contributed by atoms with van der Waals surface area (Å²) in [4.78, 5) is 14.4. The van der Waals surface area contributed by atoms with E-state index in [0.29, 0.717) is 29.9 Å². The number of nitriles is 1. The number of thioether (sulfide) groups is 1. The van der Waals surface area contributed by atoms with Crippen LogP contribution in [-0.4, -0.2) is 66.1 Å². The van der Waals surface area contributed by atoms with E-state index < -0.39 is 0 Å². The van der Waals surface area contributed by atoms with Crippen molar-refractivity contribution >= 4 is 23.0 Å². The summed E-state index contributed by atoms with van der Waals surface area (Å²) < 4.78 is 5.87. The first-order valence-corrected chi connectivity index (χ1v) is 9.99. The Morgan fingerprint density at radius 2 is 2.18 bits per heavy atom. The zero-order valence-electron chi connectivity index (χ0n) is 15.9. The number of anilines is 1. The van der Waals surface area contributed by atoms with Crippen LogP contribution in [0.25, 0.3) is 5.57 Å². The van der Waals surface area contributed by atoms with Crippen LogP contribution in [0.4, 0.5) is 5.69 Å². The Labute approximate surface area is 169 Å². The maximum absolute atomic E-state index is 9.73. The van der Waals surface area contributed by atoms with Crippen LogP contribution in [0.1, 0.15) is 5.69 Å². The van der Waals surface area contributed by atoms with Crippen LogP contribution in [0, 0.1) is 11.3 Å². The Balaban J connectivity index is 1.50. The fraction of sp³-hybridized carbons (Fsp3) is 0.350. The summed E-state index contributed by atoms with van der Waals surface area (Å²) in [6.45, 7) is 3.54. The molecule has 2 aromatic rings. The van der Waals surface area contributed by atoms with Crippen LogP contribution < -0.4 is 10.1 Å². The number of nitrogens with one attached hydrogen (secondary N) is 1. The van der Waals surface area contributed by atoms with Crippen molar-refractivity contribution in [2.24, 2.45) is 0 Å². The van der Waals surface area contributed by atoms with Gasteiger partial charge in [0.25, 0.3) is 0 Å². The number of ether oxygens (including phenoxy) is 1. The highest BCUT2D eigenvalue weighted by molar-refractivity contribution is 8.04. The quantitative estimate of drug-likeness (QED) is 0.793. The van der Waals surface area contributed by atoms with E-state index in [2.05, 4.69) is 45.2 Å². The van der Waals surface area contributed by atoms with Gasteiger partial charge in [0.15, 0.2) is 0 Å². The molecule has 8 heteroatoms. The number of benzene rings is 1. The second kappa shape index (κ2) is 8.19. The smallest absolute Gasteiger partial charge is 0.316 e. The van der Waals surface area contributed by atoms with Gasteiger partial charge < -0.3 is 15.0 Å². The molecule has 1 fully saturated rings. The minimum atomic E-state index is 0.293. The molecule has 28 heavy (non-hydrogen) atoms.